The third-order valence-electron chi connectivity index (χ3n) is 4.29. The molecule has 2 aromatic heterocycles. The monoisotopic (exact) mass is 443 g/mol. The minimum Gasteiger partial charge on any atom is -0.325 e. The van der Waals surface area contributed by atoms with Crippen LogP contribution in [0.1, 0.15) is 5.56 Å². The minimum absolute atomic E-state index is 0.0428. The largest absolute Gasteiger partial charge is 0.325 e. The summed E-state index contributed by atoms with van der Waals surface area (Å²) >= 11 is 2.35. The zero-order valence-corrected chi connectivity index (χ0v) is 17.3. The van der Waals surface area contributed by atoms with Gasteiger partial charge in [0.25, 0.3) is 5.56 Å². The first-order valence-corrected chi connectivity index (χ1v) is 10.7. The van der Waals surface area contributed by atoms with Gasteiger partial charge in [0.15, 0.2) is 5.16 Å². The number of carbonyl (C=O) groups excluding carboxylic acids is 1. The molecule has 2 aromatic carbocycles. The second-order valence-corrected chi connectivity index (χ2v) is 8.31. The number of fused-ring (bicyclic) bond motifs is 1. The molecule has 0 saturated heterocycles. The number of amides is 1. The van der Waals surface area contributed by atoms with Crippen molar-refractivity contribution in [1.29, 1.82) is 0 Å². The molecule has 0 unspecified atom stereocenters. The number of thioether (sulfide) groups is 1. The maximum Gasteiger partial charge on any atom is 0.276 e. The van der Waals surface area contributed by atoms with Gasteiger partial charge in [-0.05, 0) is 60.3 Å². The highest BCUT2D eigenvalue weighted by Gasteiger charge is 2.17. The number of nitrogens with one attached hydrogen (secondary N) is 1. The van der Waals surface area contributed by atoms with Crippen molar-refractivity contribution in [1.82, 2.24) is 9.55 Å². The summed E-state index contributed by atoms with van der Waals surface area (Å²) in [6.45, 7) is 1.70. The summed E-state index contributed by atoms with van der Waals surface area (Å²) < 4.78 is 28.8. The van der Waals surface area contributed by atoms with E-state index < -0.39 is 11.6 Å². The number of hydrogen-bond donors (Lipinski definition) is 1. The third-order valence-corrected chi connectivity index (χ3v) is 6.12. The van der Waals surface area contributed by atoms with Crippen LogP contribution in [0.4, 0.5) is 14.5 Å². The van der Waals surface area contributed by atoms with E-state index in [-0.39, 0.29) is 17.2 Å². The number of aryl methyl sites for hydroxylation is 1. The maximum absolute atomic E-state index is 13.6. The Kier molecular flexibility index (Phi) is 5.65. The van der Waals surface area contributed by atoms with Crippen molar-refractivity contribution >= 4 is 44.9 Å². The van der Waals surface area contributed by atoms with Crippen molar-refractivity contribution in [2.75, 3.05) is 11.1 Å². The van der Waals surface area contributed by atoms with Gasteiger partial charge in [0.05, 0.1) is 17.0 Å². The zero-order chi connectivity index (χ0) is 21.3. The van der Waals surface area contributed by atoms with E-state index in [0.717, 1.165) is 11.8 Å². The van der Waals surface area contributed by atoms with Crippen LogP contribution in [0.5, 0.6) is 0 Å². The topological polar surface area (TPSA) is 64.0 Å². The molecule has 0 radical (unpaired) electrons. The molecule has 0 fully saturated rings. The fraction of sp³-hybridized carbons (Fsp3) is 0.0952. The van der Waals surface area contributed by atoms with Gasteiger partial charge < -0.3 is 5.32 Å². The first-order valence-electron chi connectivity index (χ1n) is 8.87. The van der Waals surface area contributed by atoms with Crippen molar-refractivity contribution in [3.63, 3.8) is 0 Å². The Balaban J connectivity index is 1.67. The Hall–Kier alpha value is -3.04. The summed E-state index contributed by atoms with van der Waals surface area (Å²) in [7, 11) is 0. The predicted molar refractivity (Wildman–Crippen MR) is 116 cm³/mol. The number of carbonyl (C=O) groups is 1. The van der Waals surface area contributed by atoms with Gasteiger partial charge in [-0.1, -0.05) is 17.8 Å². The first-order chi connectivity index (χ1) is 14.4. The van der Waals surface area contributed by atoms with Crippen LogP contribution >= 0.6 is 23.1 Å². The minimum atomic E-state index is -0.453. The summed E-state index contributed by atoms with van der Waals surface area (Å²) in [5.74, 6) is -1.27. The Morgan fingerprint density at radius 1 is 1.17 bits per heavy atom. The molecule has 30 heavy (non-hydrogen) atoms. The number of thiophene rings is 1. The van der Waals surface area contributed by atoms with Crippen LogP contribution in [-0.4, -0.2) is 21.2 Å². The van der Waals surface area contributed by atoms with E-state index in [9.17, 15) is 18.4 Å². The number of aromatic nitrogens is 2. The summed E-state index contributed by atoms with van der Waals surface area (Å²) in [5, 5.41) is 4.70. The fourth-order valence-corrected chi connectivity index (χ4v) is 4.53. The number of halogens is 2. The van der Waals surface area contributed by atoms with Crippen LogP contribution < -0.4 is 10.9 Å². The SMILES string of the molecule is Cc1cc(F)ccc1-n1c(SCC(=O)Nc2cccc(F)c2)nc2ccsc2c1=O. The molecule has 2 heterocycles. The molecule has 0 aliphatic carbocycles. The average Bonchev–Trinajstić information content (AvgIpc) is 3.16. The quantitative estimate of drug-likeness (QED) is 0.357. The lowest BCUT2D eigenvalue weighted by Gasteiger charge is -2.14. The van der Waals surface area contributed by atoms with Crippen LogP contribution in [0, 0.1) is 18.6 Å². The van der Waals surface area contributed by atoms with Gasteiger partial charge in [-0.3, -0.25) is 14.2 Å². The van der Waals surface area contributed by atoms with Crippen molar-refractivity contribution in [2.24, 2.45) is 0 Å². The van der Waals surface area contributed by atoms with Gasteiger partial charge in [0.1, 0.15) is 16.3 Å². The molecule has 152 valence electrons. The fourth-order valence-electron chi connectivity index (χ4n) is 2.96. The lowest BCUT2D eigenvalue weighted by Crippen LogP contribution is -2.23. The standard InChI is InChI=1S/C21H15F2N3O2S2/c1-12-9-14(23)5-6-17(12)26-20(28)19-16(7-8-29-19)25-21(26)30-11-18(27)24-15-4-2-3-13(22)10-15/h2-10H,11H2,1H3,(H,24,27). The van der Waals surface area contributed by atoms with Crippen LogP contribution in [-0.2, 0) is 4.79 Å². The van der Waals surface area contributed by atoms with Gasteiger partial charge in [-0.25, -0.2) is 13.8 Å². The highest BCUT2D eigenvalue weighted by atomic mass is 32.2. The van der Waals surface area contributed by atoms with Gasteiger partial charge in [0.2, 0.25) is 5.91 Å². The van der Waals surface area contributed by atoms with E-state index >= 15 is 0 Å². The molecule has 0 spiro atoms. The Morgan fingerprint density at radius 3 is 2.73 bits per heavy atom. The zero-order valence-electron chi connectivity index (χ0n) is 15.7. The Labute approximate surface area is 178 Å². The van der Waals surface area contributed by atoms with Gasteiger partial charge in [-0.2, -0.15) is 0 Å². The van der Waals surface area contributed by atoms with Crippen LogP contribution in [0.25, 0.3) is 15.9 Å². The van der Waals surface area contributed by atoms with E-state index in [2.05, 4.69) is 10.3 Å². The second kappa shape index (κ2) is 8.37. The van der Waals surface area contributed by atoms with E-state index in [4.69, 9.17) is 0 Å². The highest BCUT2D eigenvalue weighted by molar-refractivity contribution is 7.99. The third kappa shape index (κ3) is 4.12. The first kappa shape index (κ1) is 20.2. The van der Waals surface area contributed by atoms with Crippen molar-refractivity contribution in [3.05, 3.63) is 81.5 Å². The summed E-state index contributed by atoms with van der Waals surface area (Å²) in [4.78, 5) is 30.0. The van der Waals surface area contributed by atoms with Gasteiger partial charge in [0, 0.05) is 5.69 Å². The molecular weight excluding hydrogens is 428 g/mol. The summed E-state index contributed by atoms with van der Waals surface area (Å²) in [6.07, 6.45) is 0. The molecule has 5 nitrogen and oxygen atoms in total. The molecule has 0 aliphatic heterocycles. The molecule has 9 heteroatoms. The van der Waals surface area contributed by atoms with Crippen molar-refractivity contribution in [3.8, 4) is 5.69 Å². The molecule has 1 amide bonds. The van der Waals surface area contributed by atoms with E-state index in [1.54, 1.807) is 24.4 Å². The second-order valence-electron chi connectivity index (χ2n) is 6.45. The number of hydrogen-bond acceptors (Lipinski definition) is 5. The molecule has 0 atom stereocenters. The average molecular weight is 444 g/mol. The maximum atomic E-state index is 13.6. The van der Waals surface area contributed by atoms with Crippen molar-refractivity contribution < 1.29 is 13.6 Å². The smallest absolute Gasteiger partial charge is 0.276 e. The molecule has 0 bridgehead atoms. The lowest BCUT2D eigenvalue weighted by atomic mass is 10.2. The normalized spacial score (nSPS) is 11.0. The predicted octanol–water partition coefficient (Wildman–Crippen LogP) is 4.76. The number of benzene rings is 2. The number of anilines is 1. The van der Waals surface area contributed by atoms with Crippen LogP contribution in [0.15, 0.2) is 63.9 Å². The Morgan fingerprint density at radius 2 is 1.97 bits per heavy atom. The molecular formula is C21H15F2N3O2S2. The van der Waals surface area contributed by atoms with Gasteiger partial charge >= 0.3 is 0 Å². The number of rotatable bonds is 5. The molecule has 4 aromatic rings. The summed E-state index contributed by atoms with van der Waals surface area (Å²) in [5.41, 5.74) is 1.67. The number of nitrogens with zero attached hydrogens (tertiary/aromatic N) is 2. The van der Waals surface area contributed by atoms with Gasteiger partial charge in [-0.15, -0.1) is 11.3 Å². The van der Waals surface area contributed by atoms with E-state index in [0.29, 0.717) is 32.3 Å². The molecule has 1 N–H and O–H groups in total. The van der Waals surface area contributed by atoms with Crippen LogP contribution in [0.3, 0.4) is 0 Å². The van der Waals surface area contributed by atoms with Crippen LogP contribution in [0.2, 0.25) is 0 Å². The van der Waals surface area contributed by atoms with E-state index in [1.807, 2.05) is 0 Å². The lowest BCUT2D eigenvalue weighted by molar-refractivity contribution is -0.113. The summed E-state index contributed by atoms with van der Waals surface area (Å²) in [6, 6.07) is 11.5. The highest BCUT2D eigenvalue weighted by Crippen LogP contribution is 2.25. The molecule has 0 aliphatic rings. The Bertz CT molecular complexity index is 1320. The molecule has 4 rings (SSSR count). The molecule has 0 saturated carbocycles. The van der Waals surface area contributed by atoms with E-state index in [1.165, 1.54) is 52.3 Å². The van der Waals surface area contributed by atoms with Crippen molar-refractivity contribution in [2.45, 2.75) is 12.1 Å².